The molecule has 0 saturated carbocycles. The van der Waals surface area contributed by atoms with Gasteiger partial charge in [-0.15, -0.1) is 0 Å². The lowest BCUT2D eigenvalue weighted by molar-refractivity contribution is -0.138. The van der Waals surface area contributed by atoms with E-state index in [1.165, 1.54) is 19.9 Å². The fraction of sp³-hybridized carbons (Fsp3) is 0.267. The zero-order chi connectivity index (χ0) is 16.4. The van der Waals surface area contributed by atoms with Crippen molar-refractivity contribution in [2.24, 2.45) is 0 Å². The van der Waals surface area contributed by atoms with E-state index in [4.69, 9.17) is 16.3 Å². The lowest BCUT2D eigenvalue weighted by Gasteiger charge is -2.15. The standard InChI is InChI=1S/C15H14ClF3O2/c1-8(2)14(9(3)21-10(4)20)11-5-6-13(16)12(7-11)15(17,18)19/h5-7H,1H2,2-4H3/b14-9-. The first-order valence-electron chi connectivity index (χ1n) is 5.96. The SMILES string of the molecule is C=C(C)/C(=C(\C)OC(C)=O)c1ccc(Cl)c(C(F)(F)F)c1. The quantitative estimate of drug-likeness (QED) is 0.433. The molecule has 0 aliphatic heterocycles. The number of alkyl halides is 3. The van der Waals surface area contributed by atoms with Crippen LogP contribution < -0.4 is 0 Å². The zero-order valence-corrected chi connectivity index (χ0v) is 12.5. The number of hydrogen-bond acceptors (Lipinski definition) is 2. The van der Waals surface area contributed by atoms with Gasteiger partial charge in [-0.1, -0.05) is 24.2 Å². The smallest absolute Gasteiger partial charge is 0.417 e. The molecule has 114 valence electrons. The summed E-state index contributed by atoms with van der Waals surface area (Å²) in [5, 5.41) is -0.391. The second-order valence-corrected chi connectivity index (χ2v) is 4.90. The molecule has 0 unspecified atom stereocenters. The zero-order valence-electron chi connectivity index (χ0n) is 11.8. The summed E-state index contributed by atoms with van der Waals surface area (Å²) in [6.07, 6.45) is -4.57. The van der Waals surface area contributed by atoms with Crippen LogP contribution >= 0.6 is 11.6 Å². The van der Waals surface area contributed by atoms with Crippen LogP contribution in [0.5, 0.6) is 0 Å². The summed E-state index contributed by atoms with van der Waals surface area (Å²) in [6, 6.07) is 3.50. The molecule has 21 heavy (non-hydrogen) atoms. The predicted octanol–water partition coefficient (Wildman–Crippen LogP) is 5.23. The van der Waals surface area contributed by atoms with E-state index >= 15 is 0 Å². The molecule has 0 heterocycles. The maximum absolute atomic E-state index is 12.9. The Hall–Kier alpha value is -1.75. The van der Waals surface area contributed by atoms with E-state index in [-0.39, 0.29) is 11.3 Å². The van der Waals surface area contributed by atoms with Gasteiger partial charge in [0, 0.05) is 12.5 Å². The second kappa shape index (κ2) is 6.35. The minimum absolute atomic E-state index is 0.186. The number of halogens is 4. The third-order valence-corrected chi connectivity index (χ3v) is 2.97. The van der Waals surface area contributed by atoms with E-state index in [1.54, 1.807) is 6.92 Å². The number of ether oxygens (including phenoxy) is 1. The van der Waals surface area contributed by atoms with Crippen molar-refractivity contribution < 1.29 is 22.7 Å². The molecule has 0 fully saturated rings. The highest BCUT2D eigenvalue weighted by molar-refractivity contribution is 6.31. The van der Waals surface area contributed by atoms with Gasteiger partial charge in [0.15, 0.2) is 0 Å². The third kappa shape index (κ3) is 4.36. The van der Waals surface area contributed by atoms with E-state index in [2.05, 4.69) is 6.58 Å². The molecule has 0 aliphatic carbocycles. The van der Waals surface area contributed by atoms with Gasteiger partial charge >= 0.3 is 12.1 Å². The van der Waals surface area contributed by atoms with Gasteiger partial charge in [0.25, 0.3) is 0 Å². The number of carbonyl (C=O) groups excluding carboxylic acids is 1. The van der Waals surface area contributed by atoms with Gasteiger partial charge in [0.05, 0.1) is 10.6 Å². The summed E-state index contributed by atoms with van der Waals surface area (Å²) in [5.74, 6) is -0.373. The molecule has 0 aliphatic rings. The molecule has 0 aromatic heterocycles. The second-order valence-electron chi connectivity index (χ2n) is 4.50. The Labute approximate surface area is 125 Å². The highest BCUT2D eigenvalue weighted by atomic mass is 35.5. The molecular weight excluding hydrogens is 305 g/mol. The van der Waals surface area contributed by atoms with Crippen LogP contribution in [0, 0.1) is 0 Å². The molecule has 0 N–H and O–H groups in total. The first-order valence-corrected chi connectivity index (χ1v) is 6.34. The minimum atomic E-state index is -4.57. The van der Waals surface area contributed by atoms with Gasteiger partial charge in [0.1, 0.15) is 5.76 Å². The lowest BCUT2D eigenvalue weighted by atomic mass is 9.97. The molecule has 2 nitrogen and oxygen atoms in total. The van der Waals surface area contributed by atoms with Crippen LogP contribution in [-0.2, 0) is 15.7 Å². The summed E-state index contributed by atoms with van der Waals surface area (Å²) < 4.78 is 43.6. The van der Waals surface area contributed by atoms with Crippen molar-refractivity contribution in [2.45, 2.75) is 26.9 Å². The fourth-order valence-electron chi connectivity index (χ4n) is 1.91. The van der Waals surface area contributed by atoms with Crippen LogP contribution in [0.2, 0.25) is 5.02 Å². The van der Waals surface area contributed by atoms with Crippen LogP contribution in [0.15, 0.2) is 36.1 Å². The van der Waals surface area contributed by atoms with Crippen molar-refractivity contribution in [3.8, 4) is 0 Å². The largest absolute Gasteiger partial charge is 0.431 e. The van der Waals surface area contributed by atoms with Crippen molar-refractivity contribution >= 4 is 23.1 Å². The number of esters is 1. The van der Waals surface area contributed by atoms with Crippen molar-refractivity contribution in [1.29, 1.82) is 0 Å². The highest BCUT2D eigenvalue weighted by Crippen LogP contribution is 2.37. The van der Waals surface area contributed by atoms with Gasteiger partial charge < -0.3 is 4.74 Å². The molecule has 1 rings (SSSR count). The Morgan fingerprint density at radius 2 is 1.81 bits per heavy atom. The molecular formula is C15H14ClF3O2. The molecule has 0 amide bonds. The molecule has 1 aromatic rings. The fourth-order valence-corrected chi connectivity index (χ4v) is 2.14. The van der Waals surface area contributed by atoms with Crippen LogP contribution in [0.25, 0.3) is 5.57 Å². The van der Waals surface area contributed by atoms with Gasteiger partial charge in [0.2, 0.25) is 0 Å². The number of allylic oxidation sites excluding steroid dienone is 3. The number of hydrogen-bond donors (Lipinski definition) is 0. The van der Waals surface area contributed by atoms with Crippen LogP contribution in [0.3, 0.4) is 0 Å². The van der Waals surface area contributed by atoms with Gasteiger partial charge in [-0.2, -0.15) is 13.2 Å². The Kier molecular flexibility index (Phi) is 5.23. The first-order chi connectivity index (χ1) is 9.54. The van der Waals surface area contributed by atoms with Crippen molar-refractivity contribution in [2.75, 3.05) is 0 Å². The summed E-state index contributed by atoms with van der Waals surface area (Å²) in [4.78, 5) is 11.0. The molecule has 0 bridgehead atoms. The molecule has 0 spiro atoms. The van der Waals surface area contributed by atoms with Crippen molar-refractivity contribution in [3.05, 3.63) is 52.3 Å². The number of carbonyl (C=O) groups is 1. The number of benzene rings is 1. The van der Waals surface area contributed by atoms with E-state index in [0.29, 0.717) is 11.1 Å². The summed E-state index contributed by atoms with van der Waals surface area (Å²) >= 11 is 5.59. The summed E-state index contributed by atoms with van der Waals surface area (Å²) in [7, 11) is 0. The topological polar surface area (TPSA) is 26.3 Å². The van der Waals surface area contributed by atoms with Crippen LogP contribution in [-0.4, -0.2) is 5.97 Å². The summed E-state index contributed by atoms with van der Waals surface area (Å²) in [5.41, 5.74) is 0.102. The van der Waals surface area contributed by atoms with Crippen LogP contribution in [0.4, 0.5) is 13.2 Å². The highest BCUT2D eigenvalue weighted by Gasteiger charge is 2.33. The van der Waals surface area contributed by atoms with E-state index in [9.17, 15) is 18.0 Å². The Balaban J connectivity index is 3.48. The van der Waals surface area contributed by atoms with E-state index in [0.717, 1.165) is 12.1 Å². The van der Waals surface area contributed by atoms with E-state index in [1.807, 2.05) is 0 Å². The molecule has 1 aromatic carbocycles. The lowest BCUT2D eigenvalue weighted by Crippen LogP contribution is -2.07. The van der Waals surface area contributed by atoms with Crippen molar-refractivity contribution in [3.63, 3.8) is 0 Å². The van der Waals surface area contributed by atoms with Crippen molar-refractivity contribution in [1.82, 2.24) is 0 Å². The third-order valence-electron chi connectivity index (χ3n) is 2.64. The monoisotopic (exact) mass is 318 g/mol. The Morgan fingerprint density at radius 1 is 1.24 bits per heavy atom. The molecule has 0 radical (unpaired) electrons. The van der Waals surface area contributed by atoms with Gasteiger partial charge in [-0.05, 0) is 37.1 Å². The minimum Gasteiger partial charge on any atom is -0.431 e. The predicted molar refractivity (Wildman–Crippen MR) is 75.6 cm³/mol. The normalized spacial score (nSPS) is 12.7. The average Bonchev–Trinajstić information content (AvgIpc) is 2.28. The van der Waals surface area contributed by atoms with Gasteiger partial charge in [-0.3, -0.25) is 4.79 Å². The van der Waals surface area contributed by atoms with Crippen LogP contribution in [0.1, 0.15) is 31.9 Å². The average molecular weight is 319 g/mol. The first kappa shape index (κ1) is 17.3. The maximum atomic E-state index is 12.9. The molecule has 0 saturated heterocycles. The molecule has 0 atom stereocenters. The van der Waals surface area contributed by atoms with Gasteiger partial charge in [-0.25, -0.2) is 0 Å². The maximum Gasteiger partial charge on any atom is 0.417 e. The number of rotatable bonds is 3. The Morgan fingerprint density at radius 3 is 2.24 bits per heavy atom. The Bertz CT molecular complexity index is 616. The van der Waals surface area contributed by atoms with E-state index < -0.39 is 22.7 Å². The molecule has 6 heteroatoms. The summed E-state index contributed by atoms with van der Waals surface area (Å²) in [6.45, 7) is 8.03.